The number of alkyl halides is 3. The molecule has 0 atom stereocenters. The van der Waals surface area contributed by atoms with Crippen molar-refractivity contribution in [3.05, 3.63) is 17.2 Å². The van der Waals surface area contributed by atoms with Crippen LogP contribution in [0.15, 0.2) is 12.3 Å². The van der Waals surface area contributed by atoms with Crippen LogP contribution in [0.1, 0.15) is 17.7 Å². The predicted octanol–water partition coefficient (Wildman–Crippen LogP) is 2.52. The SMILES string of the molecule is O=C(O)C=Cc1cnc(NC(=O)CCC(F)(F)F)s1. The van der Waals surface area contributed by atoms with Gasteiger partial charge in [0.15, 0.2) is 5.13 Å². The van der Waals surface area contributed by atoms with Crippen LogP contribution in [-0.2, 0) is 9.59 Å². The fourth-order valence-electron chi connectivity index (χ4n) is 1.01. The molecule has 0 saturated carbocycles. The second-order valence-corrected chi connectivity index (χ2v) is 4.46. The number of amides is 1. The van der Waals surface area contributed by atoms with E-state index in [-0.39, 0.29) is 5.13 Å². The van der Waals surface area contributed by atoms with Crippen molar-refractivity contribution in [1.82, 2.24) is 4.98 Å². The van der Waals surface area contributed by atoms with Crippen molar-refractivity contribution in [2.45, 2.75) is 19.0 Å². The normalized spacial score (nSPS) is 11.7. The third kappa shape index (κ3) is 6.55. The average molecular weight is 294 g/mol. The third-order valence-electron chi connectivity index (χ3n) is 1.80. The van der Waals surface area contributed by atoms with Crippen molar-refractivity contribution in [2.75, 3.05) is 5.32 Å². The summed E-state index contributed by atoms with van der Waals surface area (Å²) in [5.41, 5.74) is 0. The van der Waals surface area contributed by atoms with E-state index in [9.17, 15) is 22.8 Å². The zero-order valence-electron chi connectivity index (χ0n) is 9.40. The predicted molar refractivity (Wildman–Crippen MR) is 62.7 cm³/mol. The van der Waals surface area contributed by atoms with Gasteiger partial charge in [-0.2, -0.15) is 13.2 Å². The minimum Gasteiger partial charge on any atom is -0.478 e. The van der Waals surface area contributed by atoms with E-state index in [1.54, 1.807) is 0 Å². The van der Waals surface area contributed by atoms with E-state index in [1.807, 2.05) is 0 Å². The molecule has 0 aliphatic heterocycles. The molecule has 0 spiro atoms. The fourth-order valence-corrected chi connectivity index (χ4v) is 1.75. The summed E-state index contributed by atoms with van der Waals surface area (Å²) in [4.78, 5) is 25.6. The van der Waals surface area contributed by atoms with Gasteiger partial charge in [-0.1, -0.05) is 11.3 Å². The zero-order valence-corrected chi connectivity index (χ0v) is 10.2. The molecule has 19 heavy (non-hydrogen) atoms. The molecule has 1 rings (SSSR count). The van der Waals surface area contributed by atoms with Crippen LogP contribution in [0.4, 0.5) is 18.3 Å². The lowest BCUT2D eigenvalue weighted by Crippen LogP contribution is -2.16. The van der Waals surface area contributed by atoms with Crippen molar-refractivity contribution in [1.29, 1.82) is 0 Å². The van der Waals surface area contributed by atoms with Crippen molar-refractivity contribution in [2.24, 2.45) is 0 Å². The monoisotopic (exact) mass is 294 g/mol. The Balaban J connectivity index is 2.49. The molecule has 0 bridgehead atoms. The summed E-state index contributed by atoms with van der Waals surface area (Å²) in [6.45, 7) is 0. The Morgan fingerprint density at radius 2 is 2.16 bits per heavy atom. The number of carbonyl (C=O) groups is 2. The first-order valence-corrected chi connectivity index (χ1v) is 5.81. The maximum absolute atomic E-state index is 11.9. The number of hydrogen-bond donors (Lipinski definition) is 2. The van der Waals surface area contributed by atoms with Crippen molar-refractivity contribution < 1.29 is 27.9 Å². The molecule has 1 aromatic heterocycles. The highest BCUT2D eigenvalue weighted by molar-refractivity contribution is 7.16. The molecule has 104 valence electrons. The van der Waals surface area contributed by atoms with Gasteiger partial charge in [0.1, 0.15) is 0 Å². The van der Waals surface area contributed by atoms with E-state index in [1.165, 1.54) is 12.3 Å². The van der Waals surface area contributed by atoms with Gasteiger partial charge in [-0.05, 0) is 6.08 Å². The summed E-state index contributed by atoms with van der Waals surface area (Å²) in [5, 5.41) is 10.7. The van der Waals surface area contributed by atoms with Crippen LogP contribution in [0.25, 0.3) is 6.08 Å². The Morgan fingerprint density at radius 1 is 1.47 bits per heavy atom. The molecule has 1 heterocycles. The van der Waals surface area contributed by atoms with Gasteiger partial charge in [0.25, 0.3) is 0 Å². The van der Waals surface area contributed by atoms with Crippen LogP contribution in [-0.4, -0.2) is 28.1 Å². The lowest BCUT2D eigenvalue weighted by atomic mass is 10.3. The number of thiazole rings is 1. The van der Waals surface area contributed by atoms with E-state index in [4.69, 9.17) is 5.11 Å². The summed E-state index contributed by atoms with van der Waals surface area (Å²) < 4.78 is 35.6. The summed E-state index contributed by atoms with van der Waals surface area (Å²) in [7, 11) is 0. The van der Waals surface area contributed by atoms with E-state index in [2.05, 4.69) is 10.3 Å². The number of nitrogens with zero attached hydrogens (tertiary/aromatic N) is 1. The van der Waals surface area contributed by atoms with E-state index < -0.39 is 30.9 Å². The van der Waals surface area contributed by atoms with E-state index in [0.29, 0.717) is 4.88 Å². The van der Waals surface area contributed by atoms with E-state index >= 15 is 0 Å². The standard InChI is InChI=1S/C10H9F3N2O3S/c11-10(12,13)4-3-7(16)15-9-14-5-6(19-9)1-2-8(17)18/h1-2,5H,3-4H2,(H,17,18)(H,14,15,16). The fraction of sp³-hybridized carbons (Fsp3) is 0.300. The number of rotatable bonds is 5. The van der Waals surface area contributed by atoms with Gasteiger partial charge >= 0.3 is 12.1 Å². The molecule has 0 fully saturated rings. The van der Waals surface area contributed by atoms with Crippen LogP contribution < -0.4 is 5.32 Å². The minimum absolute atomic E-state index is 0.122. The maximum atomic E-state index is 11.9. The second kappa shape index (κ2) is 6.32. The summed E-state index contributed by atoms with van der Waals surface area (Å²) in [6.07, 6.45) is -2.79. The molecular weight excluding hydrogens is 285 g/mol. The molecule has 0 aliphatic carbocycles. The average Bonchev–Trinajstić information content (AvgIpc) is 2.70. The topological polar surface area (TPSA) is 79.3 Å². The molecule has 0 aromatic carbocycles. The first-order valence-electron chi connectivity index (χ1n) is 5.00. The van der Waals surface area contributed by atoms with Crippen LogP contribution in [0.3, 0.4) is 0 Å². The Labute approximate surface area is 109 Å². The maximum Gasteiger partial charge on any atom is 0.389 e. The van der Waals surface area contributed by atoms with Gasteiger partial charge in [0.05, 0.1) is 6.42 Å². The number of nitrogens with one attached hydrogen (secondary N) is 1. The Morgan fingerprint density at radius 3 is 2.74 bits per heavy atom. The van der Waals surface area contributed by atoms with Crippen LogP contribution >= 0.6 is 11.3 Å². The van der Waals surface area contributed by atoms with Crippen molar-refractivity contribution in [3.63, 3.8) is 0 Å². The number of carbonyl (C=O) groups excluding carboxylic acids is 1. The quantitative estimate of drug-likeness (QED) is 0.818. The molecule has 0 saturated heterocycles. The summed E-state index contributed by atoms with van der Waals surface area (Å²) in [6, 6.07) is 0. The summed E-state index contributed by atoms with van der Waals surface area (Å²) in [5.74, 6) is -1.93. The van der Waals surface area contributed by atoms with Crippen molar-refractivity contribution in [3.8, 4) is 0 Å². The number of halogens is 3. The highest BCUT2D eigenvalue weighted by Gasteiger charge is 2.27. The second-order valence-electron chi connectivity index (χ2n) is 3.40. The summed E-state index contributed by atoms with van der Waals surface area (Å²) >= 11 is 0.962. The number of carboxylic acids is 1. The lowest BCUT2D eigenvalue weighted by Gasteiger charge is -2.05. The molecule has 0 aliphatic rings. The van der Waals surface area contributed by atoms with E-state index in [0.717, 1.165) is 17.4 Å². The molecule has 1 amide bonds. The molecule has 0 radical (unpaired) electrons. The van der Waals surface area contributed by atoms with Crippen molar-refractivity contribution >= 4 is 34.4 Å². The van der Waals surface area contributed by atoms with Gasteiger partial charge < -0.3 is 10.4 Å². The number of carboxylic acid groups (broad SMARTS) is 1. The minimum atomic E-state index is -4.38. The largest absolute Gasteiger partial charge is 0.478 e. The first-order chi connectivity index (χ1) is 8.76. The highest BCUT2D eigenvalue weighted by Crippen LogP contribution is 2.23. The molecule has 2 N–H and O–H groups in total. The number of hydrogen-bond acceptors (Lipinski definition) is 4. The molecule has 1 aromatic rings. The first kappa shape index (κ1) is 15.2. The number of anilines is 1. The Bertz CT molecular complexity index is 496. The number of aromatic nitrogens is 1. The smallest absolute Gasteiger partial charge is 0.389 e. The molecule has 0 unspecified atom stereocenters. The lowest BCUT2D eigenvalue weighted by molar-refractivity contribution is -0.142. The van der Waals surface area contributed by atoms with Gasteiger partial charge in [0.2, 0.25) is 5.91 Å². The highest BCUT2D eigenvalue weighted by atomic mass is 32.1. The third-order valence-corrected chi connectivity index (χ3v) is 2.67. The van der Waals surface area contributed by atoms with Gasteiger partial charge in [0, 0.05) is 23.6 Å². The number of aliphatic carboxylic acids is 1. The zero-order chi connectivity index (χ0) is 14.5. The van der Waals surface area contributed by atoms with Crippen LogP contribution in [0.2, 0.25) is 0 Å². The van der Waals surface area contributed by atoms with Gasteiger partial charge in [-0.25, -0.2) is 9.78 Å². The Hall–Kier alpha value is -1.90. The van der Waals surface area contributed by atoms with Crippen LogP contribution in [0.5, 0.6) is 0 Å². The van der Waals surface area contributed by atoms with Crippen LogP contribution in [0, 0.1) is 0 Å². The molecule has 9 heteroatoms. The van der Waals surface area contributed by atoms with Gasteiger partial charge in [-0.3, -0.25) is 4.79 Å². The molecule has 5 nitrogen and oxygen atoms in total. The Kier molecular flexibility index (Phi) is 5.04. The molecular formula is C10H9F3N2O3S. The van der Waals surface area contributed by atoms with Gasteiger partial charge in [-0.15, -0.1) is 0 Å².